The lowest BCUT2D eigenvalue weighted by Gasteiger charge is -2.25. The van der Waals surface area contributed by atoms with Crippen molar-refractivity contribution in [3.8, 4) is 5.75 Å². The standard InChI is InChI=1S/C28H36O4S/c1-9-19-17-21(13-16-24(29)20-11-14-22(33-8)15-12-20)26(31-18(3)4)23(10-2)25(19)27(30)32-28(5,6)7/h11-18H,9-10H2,1-8H3/b16-13+. The van der Waals surface area contributed by atoms with Gasteiger partial charge in [0, 0.05) is 21.6 Å². The average molecular weight is 469 g/mol. The van der Waals surface area contributed by atoms with E-state index >= 15 is 0 Å². The van der Waals surface area contributed by atoms with E-state index in [1.807, 2.05) is 85.1 Å². The summed E-state index contributed by atoms with van der Waals surface area (Å²) in [5.41, 5.74) is 3.10. The quantitative estimate of drug-likeness (QED) is 0.169. The zero-order chi connectivity index (χ0) is 24.8. The summed E-state index contributed by atoms with van der Waals surface area (Å²) >= 11 is 1.64. The maximum Gasteiger partial charge on any atom is 0.339 e. The number of carbonyl (C=O) groups is 2. The third-order valence-electron chi connectivity index (χ3n) is 4.97. The molecule has 0 aliphatic carbocycles. The number of thioether (sulfide) groups is 1. The fourth-order valence-corrected chi connectivity index (χ4v) is 3.93. The summed E-state index contributed by atoms with van der Waals surface area (Å²) in [5, 5.41) is 0. The molecule has 0 aliphatic heterocycles. The Balaban J connectivity index is 2.57. The van der Waals surface area contributed by atoms with Gasteiger partial charge in [-0.15, -0.1) is 11.8 Å². The smallest absolute Gasteiger partial charge is 0.339 e. The Bertz CT molecular complexity index is 1010. The molecule has 178 valence electrons. The van der Waals surface area contributed by atoms with Crippen LogP contribution in [0.5, 0.6) is 5.75 Å². The molecule has 0 saturated heterocycles. The largest absolute Gasteiger partial charge is 0.490 e. The van der Waals surface area contributed by atoms with E-state index in [1.54, 1.807) is 23.9 Å². The lowest BCUT2D eigenvalue weighted by molar-refractivity contribution is 0.00663. The first-order valence-electron chi connectivity index (χ1n) is 11.5. The molecular weight excluding hydrogens is 432 g/mol. The van der Waals surface area contributed by atoms with E-state index in [1.165, 1.54) is 0 Å². The van der Waals surface area contributed by atoms with Crippen LogP contribution in [-0.4, -0.2) is 29.7 Å². The van der Waals surface area contributed by atoms with Crippen LogP contribution in [0.3, 0.4) is 0 Å². The summed E-state index contributed by atoms with van der Waals surface area (Å²) in [6.07, 6.45) is 6.55. The summed E-state index contributed by atoms with van der Waals surface area (Å²) in [7, 11) is 0. The molecule has 0 aliphatic rings. The van der Waals surface area contributed by atoms with Gasteiger partial charge in [0.2, 0.25) is 0 Å². The van der Waals surface area contributed by atoms with Crippen LogP contribution in [0.15, 0.2) is 41.3 Å². The van der Waals surface area contributed by atoms with E-state index in [2.05, 4.69) is 0 Å². The molecule has 0 aromatic heterocycles. The molecule has 0 fully saturated rings. The minimum atomic E-state index is -0.594. The summed E-state index contributed by atoms with van der Waals surface area (Å²) < 4.78 is 11.9. The molecule has 33 heavy (non-hydrogen) atoms. The van der Waals surface area contributed by atoms with E-state index in [4.69, 9.17) is 9.47 Å². The summed E-state index contributed by atoms with van der Waals surface area (Å²) in [6.45, 7) is 13.5. The number of ketones is 1. The molecule has 2 aromatic carbocycles. The summed E-state index contributed by atoms with van der Waals surface area (Å²) in [4.78, 5) is 27.0. The predicted octanol–water partition coefficient (Wildman–Crippen LogP) is 7.17. The Hall–Kier alpha value is -2.53. The molecule has 4 nitrogen and oxygen atoms in total. The van der Waals surface area contributed by atoms with Crippen LogP contribution >= 0.6 is 11.8 Å². The number of benzene rings is 2. The first-order chi connectivity index (χ1) is 15.5. The third kappa shape index (κ3) is 7.23. The van der Waals surface area contributed by atoms with Crippen molar-refractivity contribution in [1.29, 1.82) is 0 Å². The van der Waals surface area contributed by atoms with Crippen molar-refractivity contribution < 1.29 is 19.1 Å². The highest BCUT2D eigenvalue weighted by atomic mass is 32.2. The number of esters is 1. The number of allylic oxidation sites excluding steroid dienone is 1. The summed E-state index contributed by atoms with van der Waals surface area (Å²) in [5.74, 6) is 0.211. The van der Waals surface area contributed by atoms with Crippen LogP contribution in [0.4, 0.5) is 0 Å². The Morgan fingerprint density at radius 3 is 2.18 bits per heavy atom. The molecule has 0 atom stereocenters. The second-order valence-corrected chi connectivity index (χ2v) is 9.99. The van der Waals surface area contributed by atoms with Gasteiger partial charge >= 0.3 is 5.97 Å². The number of ether oxygens (including phenoxy) is 2. The summed E-state index contributed by atoms with van der Waals surface area (Å²) in [6, 6.07) is 9.50. The fourth-order valence-electron chi connectivity index (χ4n) is 3.52. The number of carbonyl (C=O) groups excluding carboxylic acids is 2. The minimum Gasteiger partial charge on any atom is -0.490 e. The second kappa shape index (κ2) is 11.6. The maximum absolute atomic E-state index is 13.1. The Morgan fingerprint density at radius 2 is 1.70 bits per heavy atom. The van der Waals surface area contributed by atoms with Gasteiger partial charge in [0.15, 0.2) is 5.78 Å². The zero-order valence-corrected chi connectivity index (χ0v) is 21.9. The molecule has 0 amide bonds. The third-order valence-corrected chi connectivity index (χ3v) is 5.71. The van der Waals surface area contributed by atoms with Crippen molar-refractivity contribution in [3.05, 3.63) is 64.2 Å². The number of aryl methyl sites for hydroxylation is 1. The first kappa shape index (κ1) is 26.7. The zero-order valence-electron chi connectivity index (χ0n) is 21.1. The lowest BCUT2D eigenvalue weighted by atomic mass is 9.92. The van der Waals surface area contributed by atoms with E-state index in [9.17, 15) is 9.59 Å². The molecule has 2 rings (SSSR count). The molecule has 2 aromatic rings. The van der Waals surface area contributed by atoms with Gasteiger partial charge < -0.3 is 9.47 Å². The highest BCUT2D eigenvalue weighted by molar-refractivity contribution is 7.98. The average Bonchev–Trinajstić information content (AvgIpc) is 2.75. The molecule has 0 unspecified atom stereocenters. The lowest BCUT2D eigenvalue weighted by Crippen LogP contribution is -2.26. The van der Waals surface area contributed by atoms with Crippen molar-refractivity contribution >= 4 is 29.6 Å². The monoisotopic (exact) mass is 468 g/mol. The highest BCUT2D eigenvalue weighted by Crippen LogP contribution is 2.34. The minimum absolute atomic E-state index is 0.0783. The van der Waals surface area contributed by atoms with Crippen molar-refractivity contribution in [2.45, 2.75) is 77.9 Å². The Morgan fingerprint density at radius 1 is 1.06 bits per heavy atom. The Labute approximate surface area is 202 Å². The molecule has 0 radical (unpaired) electrons. The molecule has 0 spiro atoms. The van der Waals surface area contributed by atoms with Gasteiger partial charge in [0.25, 0.3) is 0 Å². The van der Waals surface area contributed by atoms with Gasteiger partial charge in [-0.1, -0.05) is 13.8 Å². The highest BCUT2D eigenvalue weighted by Gasteiger charge is 2.26. The van der Waals surface area contributed by atoms with E-state index in [-0.39, 0.29) is 17.9 Å². The van der Waals surface area contributed by atoms with E-state index in [0.717, 1.165) is 21.6 Å². The number of hydrogen-bond acceptors (Lipinski definition) is 5. The molecule has 0 bridgehead atoms. The number of hydrogen-bond donors (Lipinski definition) is 0. The van der Waals surface area contributed by atoms with E-state index < -0.39 is 5.60 Å². The van der Waals surface area contributed by atoms with Crippen molar-refractivity contribution in [2.24, 2.45) is 0 Å². The molecule has 0 heterocycles. The Kier molecular flexibility index (Phi) is 9.35. The van der Waals surface area contributed by atoms with Crippen molar-refractivity contribution in [1.82, 2.24) is 0 Å². The maximum atomic E-state index is 13.1. The van der Waals surface area contributed by atoms with Crippen LogP contribution in [0.25, 0.3) is 6.08 Å². The topological polar surface area (TPSA) is 52.6 Å². The second-order valence-electron chi connectivity index (χ2n) is 9.11. The molecular formula is C28H36O4S. The fraction of sp³-hybridized carbons (Fsp3) is 0.429. The number of rotatable bonds is 9. The molecule has 0 saturated carbocycles. The van der Waals surface area contributed by atoms with Gasteiger partial charge in [0.05, 0.1) is 11.7 Å². The molecule has 0 N–H and O–H groups in total. The van der Waals surface area contributed by atoms with Crippen molar-refractivity contribution in [2.75, 3.05) is 6.26 Å². The van der Waals surface area contributed by atoms with Crippen LogP contribution < -0.4 is 4.74 Å². The van der Waals surface area contributed by atoms with Gasteiger partial charge in [-0.25, -0.2) is 4.79 Å². The van der Waals surface area contributed by atoms with Crippen LogP contribution in [0.1, 0.15) is 85.9 Å². The SMILES string of the molecule is CCc1cc(/C=C/C(=O)c2ccc(SC)cc2)c(OC(C)C)c(CC)c1C(=O)OC(C)(C)C. The van der Waals surface area contributed by atoms with Crippen LogP contribution in [-0.2, 0) is 17.6 Å². The van der Waals surface area contributed by atoms with Gasteiger partial charge in [-0.3, -0.25) is 4.79 Å². The first-order valence-corrected chi connectivity index (χ1v) is 12.7. The van der Waals surface area contributed by atoms with Crippen LogP contribution in [0.2, 0.25) is 0 Å². The normalized spacial score (nSPS) is 11.8. The van der Waals surface area contributed by atoms with Crippen molar-refractivity contribution in [3.63, 3.8) is 0 Å². The van der Waals surface area contributed by atoms with Gasteiger partial charge in [0.1, 0.15) is 11.4 Å². The predicted molar refractivity (Wildman–Crippen MR) is 138 cm³/mol. The van der Waals surface area contributed by atoms with Crippen LogP contribution in [0, 0.1) is 0 Å². The molecule has 5 heteroatoms. The van der Waals surface area contributed by atoms with E-state index in [0.29, 0.717) is 29.7 Å². The van der Waals surface area contributed by atoms with Gasteiger partial charge in [-0.05, 0) is 102 Å². The van der Waals surface area contributed by atoms with Gasteiger partial charge in [-0.2, -0.15) is 0 Å².